The van der Waals surface area contributed by atoms with E-state index in [1.807, 2.05) is 67.5 Å². The Bertz CT molecular complexity index is 1330. The van der Waals surface area contributed by atoms with Gasteiger partial charge in [0.15, 0.2) is 0 Å². The number of nitrogens with zero attached hydrogens (tertiary/aromatic N) is 2. The number of amides is 2. The maximum atomic E-state index is 15.0. The largest absolute Gasteiger partial charge is 0.496 e. The number of carbonyl (C=O) groups excluding carboxylic acids is 2. The van der Waals surface area contributed by atoms with Gasteiger partial charge in [-0.05, 0) is 65.8 Å². The van der Waals surface area contributed by atoms with Gasteiger partial charge in [-0.15, -0.1) is 0 Å². The number of piperidine rings is 1. The van der Waals surface area contributed by atoms with Crippen molar-refractivity contribution in [3.05, 3.63) is 89.2 Å². The number of hydrogen-bond acceptors (Lipinski definition) is 4. The van der Waals surface area contributed by atoms with Crippen LogP contribution in [0.4, 0.5) is 15.8 Å². The molecule has 0 saturated carbocycles. The third-order valence-corrected chi connectivity index (χ3v) is 7.38. The van der Waals surface area contributed by atoms with Gasteiger partial charge in [-0.1, -0.05) is 51.1 Å². The molecule has 0 bridgehead atoms. The molecule has 1 N–H and O–H groups in total. The highest BCUT2D eigenvalue weighted by atomic mass is 19.1. The molecule has 3 aromatic rings. The number of hydrogen-bond donors (Lipinski definition) is 1. The Morgan fingerprint density at radius 2 is 1.72 bits per heavy atom. The van der Waals surface area contributed by atoms with Gasteiger partial charge in [-0.3, -0.25) is 9.59 Å². The summed E-state index contributed by atoms with van der Waals surface area (Å²) in [6.45, 7) is 6.79. The van der Waals surface area contributed by atoms with Gasteiger partial charge in [0, 0.05) is 32.0 Å². The minimum absolute atomic E-state index is 0.0652. The Kier molecular flexibility index (Phi) is 8.28. The molecule has 4 rings (SSSR count). The van der Waals surface area contributed by atoms with E-state index in [1.165, 1.54) is 19.2 Å². The molecule has 0 aliphatic carbocycles. The molecule has 1 aliphatic heterocycles. The Balaban J connectivity index is 1.73. The Hall–Kier alpha value is -3.87. The first-order chi connectivity index (χ1) is 18.5. The minimum Gasteiger partial charge on any atom is -0.496 e. The molecule has 2 unspecified atom stereocenters. The monoisotopic (exact) mass is 531 g/mol. The van der Waals surface area contributed by atoms with Gasteiger partial charge in [-0.2, -0.15) is 0 Å². The van der Waals surface area contributed by atoms with Crippen LogP contribution in [0.5, 0.6) is 5.75 Å². The van der Waals surface area contributed by atoms with Crippen molar-refractivity contribution in [3.8, 4) is 5.75 Å². The van der Waals surface area contributed by atoms with Gasteiger partial charge >= 0.3 is 0 Å². The molecule has 2 amide bonds. The van der Waals surface area contributed by atoms with Crippen LogP contribution in [-0.4, -0.2) is 44.5 Å². The van der Waals surface area contributed by atoms with Crippen molar-refractivity contribution in [1.29, 1.82) is 0 Å². The van der Waals surface area contributed by atoms with Crippen LogP contribution < -0.4 is 15.0 Å². The second-order valence-electron chi connectivity index (χ2n) is 11.3. The summed E-state index contributed by atoms with van der Waals surface area (Å²) in [6.07, 6.45) is 1.22. The third-order valence-electron chi connectivity index (χ3n) is 7.38. The van der Waals surface area contributed by atoms with Gasteiger partial charge < -0.3 is 19.9 Å². The second-order valence-corrected chi connectivity index (χ2v) is 11.3. The number of anilines is 2. The molecule has 1 fully saturated rings. The number of ether oxygens (including phenoxy) is 1. The van der Waals surface area contributed by atoms with E-state index in [2.05, 4.69) is 26.1 Å². The molecule has 206 valence electrons. The van der Waals surface area contributed by atoms with E-state index in [0.717, 1.165) is 16.8 Å². The van der Waals surface area contributed by atoms with Crippen molar-refractivity contribution >= 4 is 23.2 Å². The topological polar surface area (TPSA) is 61.9 Å². The van der Waals surface area contributed by atoms with Crippen molar-refractivity contribution in [2.45, 2.75) is 45.1 Å². The van der Waals surface area contributed by atoms with Crippen LogP contribution in [0.25, 0.3) is 0 Å². The zero-order chi connectivity index (χ0) is 28.3. The molecule has 7 heteroatoms. The van der Waals surface area contributed by atoms with E-state index >= 15 is 0 Å². The molecule has 6 nitrogen and oxygen atoms in total. The summed E-state index contributed by atoms with van der Waals surface area (Å²) < 4.78 is 20.3. The lowest BCUT2D eigenvalue weighted by atomic mass is 9.83. The first-order valence-electron chi connectivity index (χ1n) is 13.3. The number of nitrogens with one attached hydrogen (secondary N) is 1. The normalized spacial score (nSPS) is 17.5. The Morgan fingerprint density at radius 3 is 2.36 bits per heavy atom. The van der Waals surface area contributed by atoms with Gasteiger partial charge in [0.1, 0.15) is 17.1 Å². The van der Waals surface area contributed by atoms with Gasteiger partial charge in [0.05, 0.1) is 19.1 Å². The highest BCUT2D eigenvalue weighted by molar-refractivity contribution is 5.99. The van der Waals surface area contributed by atoms with Crippen LogP contribution in [0.2, 0.25) is 0 Å². The number of rotatable bonds is 6. The summed E-state index contributed by atoms with van der Waals surface area (Å²) in [5, 5.41) is 3.10. The van der Waals surface area contributed by atoms with Crippen molar-refractivity contribution in [1.82, 2.24) is 4.90 Å². The first kappa shape index (κ1) is 28.1. The van der Waals surface area contributed by atoms with E-state index < -0.39 is 23.7 Å². The molecule has 39 heavy (non-hydrogen) atoms. The fourth-order valence-electron chi connectivity index (χ4n) is 5.20. The predicted octanol–water partition coefficient (Wildman–Crippen LogP) is 6.43. The van der Waals surface area contributed by atoms with Gasteiger partial charge in [-0.25, -0.2) is 4.39 Å². The minimum atomic E-state index is -0.647. The average Bonchev–Trinajstić information content (AvgIpc) is 2.91. The molecule has 3 aromatic carbocycles. The average molecular weight is 532 g/mol. The van der Waals surface area contributed by atoms with Crippen LogP contribution in [0.3, 0.4) is 0 Å². The van der Waals surface area contributed by atoms with Gasteiger partial charge in [0.25, 0.3) is 5.91 Å². The standard InChI is InChI=1S/C32H38FN3O3/c1-32(2,3)22-10-7-11-23(20-22)34-30(37)25-12-9-19-36(29(25)21-15-17-24(18-16-21)35(4)5)31(38)28-26(33)13-8-14-27(28)39-6/h7-8,10-11,13-18,20,25,29H,9,12,19H2,1-6H3,(H,34,37). The molecule has 0 radical (unpaired) electrons. The molecule has 0 spiro atoms. The quantitative estimate of drug-likeness (QED) is 0.398. The Morgan fingerprint density at radius 1 is 1.03 bits per heavy atom. The fraction of sp³-hybridized carbons (Fsp3) is 0.375. The highest BCUT2D eigenvalue weighted by Gasteiger charge is 2.41. The molecule has 1 saturated heterocycles. The summed E-state index contributed by atoms with van der Waals surface area (Å²) in [5.41, 5.74) is 3.48. The SMILES string of the molecule is COc1cccc(F)c1C(=O)N1CCCC(C(=O)Nc2cccc(C(C)(C)C)c2)C1c1ccc(N(C)C)cc1. The smallest absolute Gasteiger partial charge is 0.261 e. The summed E-state index contributed by atoms with van der Waals surface area (Å²) in [4.78, 5) is 31.4. The first-order valence-corrected chi connectivity index (χ1v) is 13.3. The lowest BCUT2D eigenvalue weighted by molar-refractivity contribution is -0.123. The third kappa shape index (κ3) is 6.08. The van der Waals surface area contributed by atoms with E-state index in [0.29, 0.717) is 25.1 Å². The van der Waals surface area contributed by atoms with Crippen molar-refractivity contribution in [3.63, 3.8) is 0 Å². The molecule has 0 aromatic heterocycles. The zero-order valence-corrected chi connectivity index (χ0v) is 23.6. The van der Waals surface area contributed by atoms with E-state index in [1.54, 1.807) is 11.0 Å². The van der Waals surface area contributed by atoms with Crippen molar-refractivity contribution in [2.75, 3.05) is 38.0 Å². The number of benzene rings is 3. The maximum Gasteiger partial charge on any atom is 0.261 e. The number of carbonyl (C=O) groups is 2. The number of methoxy groups -OCH3 is 1. The zero-order valence-electron chi connectivity index (χ0n) is 23.6. The lowest BCUT2D eigenvalue weighted by Gasteiger charge is -2.41. The number of halogens is 1. The summed E-state index contributed by atoms with van der Waals surface area (Å²) >= 11 is 0. The van der Waals surface area contributed by atoms with E-state index in [9.17, 15) is 14.0 Å². The highest BCUT2D eigenvalue weighted by Crippen LogP contribution is 2.40. The van der Waals surface area contributed by atoms with Gasteiger partial charge in [0.2, 0.25) is 5.91 Å². The molecule has 1 heterocycles. The van der Waals surface area contributed by atoms with Crippen LogP contribution in [0, 0.1) is 11.7 Å². The number of likely N-dealkylation sites (tertiary alicyclic amines) is 1. The molecular weight excluding hydrogens is 493 g/mol. The summed E-state index contributed by atoms with van der Waals surface area (Å²) in [7, 11) is 5.33. The molecule has 2 atom stereocenters. The summed E-state index contributed by atoms with van der Waals surface area (Å²) in [6, 6.07) is 19.5. The van der Waals surface area contributed by atoms with Crippen LogP contribution in [-0.2, 0) is 10.2 Å². The van der Waals surface area contributed by atoms with Crippen LogP contribution >= 0.6 is 0 Å². The Labute approximate surface area is 230 Å². The molecular formula is C32H38FN3O3. The fourth-order valence-corrected chi connectivity index (χ4v) is 5.20. The second kappa shape index (κ2) is 11.5. The molecule has 1 aliphatic rings. The summed E-state index contributed by atoms with van der Waals surface area (Å²) in [5.74, 6) is -1.65. The van der Waals surface area contributed by atoms with Crippen molar-refractivity contribution in [2.24, 2.45) is 5.92 Å². The van der Waals surface area contributed by atoms with Crippen LogP contribution in [0.15, 0.2) is 66.7 Å². The van der Waals surface area contributed by atoms with E-state index in [-0.39, 0.29) is 22.6 Å². The van der Waals surface area contributed by atoms with Crippen LogP contribution in [0.1, 0.15) is 61.1 Å². The van der Waals surface area contributed by atoms with Crippen molar-refractivity contribution < 1.29 is 18.7 Å². The predicted molar refractivity (Wildman–Crippen MR) is 154 cm³/mol. The van der Waals surface area contributed by atoms with E-state index in [4.69, 9.17) is 4.74 Å². The lowest BCUT2D eigenvalue weighted by Crippen LogP contribution is -2.46. The maximum absolute atomic E-state index is 15.0.